The average Bonchev–Trinajstić information content (AvgIpc) is 3.12. The first-order valence-corrected chi connectivity index (χ1v) is 13.6. The van der Waals surface area contributed by atoms with E-state index >= 15 is 0 Å². The number of benzene rings is 1. The zero-order chi connectivity index (χ0) is 28.3. The van der Waals surface area contributed by atoms with Crippen LogP contribution in [0.3, 0.4) is 0 Å². The normalized spacial score (nSPS) is 22.6. The number of likely N-dealkylation sites (N-methyl/N-ethyl adjacent to an activating group) is 2. The Labute approximate surface area is 231 Å². The quantitative estimate of drug-likeness (QED) is 0.480. The number of allylic oxidation sites excluding steroid dienone is 4. The van der Waals surface area contributed by atoms with Crippen molar-refractivity contribution in [3.63, 3.8) is 0 Å². The third-order valence-electron chi connectivity index (χ3n) is 8.24. The molecule has 0 N–H and O–H groups in total. The third kappa shape index (κ3) is 5.60. The van der Waals surface area contributed by atoms with Gasteiger partial charge in [0, 0.05) is 56.4 Å². The van der Waals surface area contributed by atoms with Crippen molar-refractivity contribution in [1.82, 2.24) is 14.7 Å². The molecule has 2 heterocycles. The molecule has 0 aromatic heterocycles. The van der Waals surface area contributed by atoms with Gasteiger partial charge in [-0.2, -0.15) is 0 Å². The Morgan fingerprint density at radius 3 is 2.51 bits per heavy atom. The SMILES string of the molecule is CCN1C(=O)N(C)CC2=C(C(OC)=CC(OC)=CC2)[C@@H](C)/C=C/C12CCN(C(=O)c1ccc(F)c(C)c1)CC2. The summed E-state index contributed by atoms with van der Waals surface area (Å²) in [6.07, 6.45) is 10.2. The molecular weight excluding hydrogens is 497 g/mol. The van der Waals surface area contributed by atoms with E-state index in [1.165, 1.54) is 6.07 Å². The van der Waals surface area contributed by atoms with Gasteiger partial charge in [0.1, 0.15) is 17.3 Å². The number of carbonyl (C=O) groups excluding carboxylic acids is 2. The van der Waals surface area contributed by atoms with Crippen LogP contribution in [0.15, 0.2) is 65.2 Å². The number of carbonyl (C=O) groups is 2. The number of hydrogen-bond donors (Lipinski definition) is 0. The van der Waals surface area contributed by atoms with Crippen LogP contribution >= 0.6 is 0 Å². The van der Waals surface area contributed by atoms with Crippen molar-refractivity contribution >= 4 is 11.9 Å². The third-order valence-corrected chi connectivity index (χ3v) is 8.24. The fraction of sp³-hybridized carbons (Fsp3) is 0.484. The zero-order valence-electron chi connectivity index (χ0n) is 23.9. The maximum atomic E-state index is 13.9. The van der Waals surface area contributed by atoms with Crippen LogP contribution in [-0.4, -0.2) is 79.6 Å². The minimum absolute atomic E-state index is 0.0369. The predicted molar refractivity (Wildman–Crippen MR) is 150 cm³/mol. The molecule has 210 valence electrons. The molecule has 1 spiro atoms. The monoisotopic (exact) mass is 537 g/mol. The Hall–Kier alpha value is -3.55. The van der Waals surface area contributed by atoms with Gasteiger partial charge in [-0.15, -0.1) is 0 Å². The lowest BCUT2D eigenvalue weighted by Crippen LogP contribution is -2.59. The minimum Gasteiger partial charge on any atom is -0.497 e. The molecule has 8 heteroatoms. The molecule has 4 rings (SSSR count). The fourth-order valence-electron chi connectivity index (χ4n) is 5.99. The predicted octanol–water partition coefficient (Wildman–Crippen LogP) is 5.45. The molecule has 1 atom stereocenters. The molecule has 2 aliphatic heterocycles. The molecular formula is C31H40FN3O4. The molecule has 0 saturated carbocycles. The number of piperidine rings is 1. The first kappa shape index (κ1) is 28.5. The van der Waals surface area contributed by atoms with Gasteiger partial charge in [-0.25, -0.2) is 9.18 Å². The van der Waals surface area contributed by atoms with Crippen LogP contribution in [0.2, 0.25) is 0 Å². The van der Waals surface area contributed by atoms with Gasteiger partial charge in [0.2, 0.25) is 0 Å². The maximum absolute atomic E-state index is 13.9. The summed E-state index contributed by atoms with van der Waals surface area (Å²) >= 11 is 0. The maximum Gasteiger partial charge on any atom is 0.320 e. The molecule has 0 unspecified atom stereocenters. The van der Waals surface area contributed by atoms with Crippen LogP contribution < -0.4 is 0 Å². The number of rotatable bonds is 4. The fourth-order valence-corrected chi connectivity index (χ4v) is 5.99. The molecule has 1 saturated heterocycles. The molecule has 7 nitrogen and oxygen atoms in total. The highest BCUT2D eigenvalue weighted by Crippen LogP contribution is 2.37. The number of aryl methyl sites for hydroxylation is 1. The Morgan fingerprint density at radius 2 is 1.90 bits per heavy atom. The first-order valence-electron chi connectivity index (χ1n) is 13.6. The molecule has 1 aliphatic carbocycles. The summed E-state index contributed by atoms with van der Waals surface area (Å²) in [7, 11) is 5.15. The minimum atomic E-state index is -0.528. The molecule has 1 aromatic carbocycles. The largest absolute Gasteiger partial charge is 0.497 e. The van der Waals surface area contributed by atoms with Crippen LogP contribution in [-0.2, 0) is 9.47 Å². The highest BCUT2D eigenvalue weighted by atomic mass is 19.1. The molecule has 39 heavy (non-hydrogen) atoms. The van der Waals surface area contributed by atoms with E-state index in [2.05, 4.69) is 19.1 Å². The zero-order valence-corrected chi connectivity index (χ0v) is 23.9. The van der Waals surface area contributed by atoms with Gasteiger partial charge in [-0.05, 0) is 68.5 Å². The lowest BCUT2D eigenvalue weighted by Gasteiger charge is -2.48. The lowest BCUT2D eigenvalue weighted by molar-refractivity contribution is 0.0501. The Morgan fingerprint density at radius 1 is 1.18 bits per heavy atom. The van der Waals surface area contributed by atoms with Crippen LogP contribution in [0.1, 0.15) is 49.0 Å². The number of methoxy groups -OCH3 is 2. The summed E-state index contributed by atoms with van der Waals surface area (Å²) < 4.78 is 25.1. The second-order valence-corrected chi connectivity index (χ2v) is 10.6. The van der Waals surface area contributed by atoms with E-state index in [1.807, 2.05) is 35.9 Å². The van der Waals surface area contributed by atoms with Crippen molar-refractivity contribution in [2.24, 2.45) is 5.92 Å². The molecule has 1 fully saturated rings. The molecule has 3 aliphatic rings. The Bertz CT molecular complexity index is 1240. The summed E-state index contributed by atoms with van der Waals surface area (Å²) in [6, 6.07) is 4.45. The summed E-state index contributed by atoms with van der Waals surface area (Å²) in [5.74, 6) is 1.08. The molecule has 0 bridgehead atoms. The number of nitrogens with zero attached hydrogens (tertiary/aromatic N) is 3. The van der Waals surface area contributed by atoms with Gasteiger partial charge in [0.15, 0.2) is 0 Å². The van der Waals surface area contributed by atoms with Crippen molar-refractivity contribution in [3.05, 3.63) is 82.1 Å². The first-order chi connectivity index (χ1) is 18.6. The van der Waals surface area contributed by atoms with E-state index in [-0.39, 0.29) is 23.7 Å². The number of ether oxygens (including phenoxy) is 2. The smallest absolute Gasteiger partial charge is 0.320 e. The molecule has 1 aromatic rings. The summed E-state index contributed by atoms with van der Waals surface area (Å²) in [6.45, 7) is 7.84. The van der Waals surface area contributed by atoms with Gasteiger partial charge < -0.3 is 24.2 Å². The van der Waals surface area contributed by atoms with E-state index in [0.717, 1.165) is 22.7 Å². The van der Waals surface area contributed by atoms with E-state index < -0.39 is 5.54 Å². The van der Waals surface area contributed by atoms with Crippen LogP contribution in [0.5, 0.6) is 0 Å². The van der Waals surface area contributed by atoms with Gasteiger partial charge >= 0.3 is 6.03 Å². The number of amides is 3. The van der Waals surface area contributed by atoms with Crippen LogP contribution in [0.4, 0.5) is 9.18 Å². The van der Waals surface area contributed by atoms with E-state index in [1.54, 1.807) is 38.2 Å². The molecule has 0 radical (unpaired) electrons. The second-order valence-electron chi connectivity index (χ2n) is 10.6. The highest BCUT2D eigenvalue weighted by Gasteiger charge is 2.42. The van der Waals surface area contributed by atoms with Crippen molar-refractivity contribution in [2.45, 2.75) is 45.6 Å². The van der Waals surface area contributed by atoms with Crippen molar-refractivity contribution in [1.29, 1.82) is 0 Å². The summed E-state index contributed by atoms with van der Waals surface area (Å²) in [4.78, 5) is 32.7. The second kappa shape index (κ2) is 11.7. The Balaban J connectivity index is 1.66. The van der Waals surface area contributed by atoms with Gasteiger partial charge in [0.05, 0.1) is 19.8 Å². The van der Waals surface area contributed by atoms with Crippen LogP contribution in [0, 0.1) is 18.7 Å². The standard InChI is InChI=1S/C31H40FN3O4/c1-7-35-30(37)33(4)20-24-8-10-25(38-5)19-27(39-6)28(24)21(2)12-13-31(35)14-16-34(17-15-31)29(36)23-9-11-26(32)22(3)18-23/h9-13,18-19,21H,7-8,14-17,20H2,1-6H3/b13-12+/t21-/m0/s1. The van der Waals surface area contributed by atoms with Gasteiger partial charge in [-0.3, -0.25) is 4.79 Å². The van der Waals surface area contributed by atoms with Crippen LogP contribution in [0.25, 0.3) is 0 Å². The summed E-state index contributed by atoms with van der Waals surface area (Å²) in [5, 5.41) is 0. The number of urea groups is 1. The Kier molecular flexibility index (Phi) is 8.52. The summed E-state index contributed by atoms with van der Waals surface area (Å²) in [5.41, 5.74) is 2.59. The van der Waals surface area contributed by atoms with Crippen molar-refractivity contribution in [2.75, 3.05) is 47.4 Å². The van der Waals surface area contributed by atoms with Gasteiger partial charge in [-0.1, -0.05) is 19.1 Å². The van der Waals surface area contributed by atoms with E-state index in [4.69, 9.17) is 9.47 Å². The number of halogens is 1. The topological polar surface area (TPSA) is 62.3 Å². The molecule has 3 amide bonds. The van der Waals surface area contributed by atoms with Crippen molar-refractivity contribution < 1.29 is 23.5 Å². The number of hydrogen-bond acceptors (Lipinski definition) is 4. The van der Waals surface area contributed by atoms with Crippen molar-refractivity contribution in [3.8, 4) is 0 Å². The van der Waals surface area contributed by atoms with Gasteiger partial charge in [0.25, 0.3) is 5.91 Å². The lowest BCUT2D eigenvalue weighted by atomic mass is 9.82. The van der Waals surface area contributed by atoms with E-state index in [0.29, 0.717) is 56.6 Å². The highest BCUT2D eigenvalue weighted by molar-refractivity contribution is 5.94. The average molecular weight is 538 g/mol. The van der Waals surface area contributed by atoms with E-state index in [9.17, 15) is 14.0 Å². The number of likely N-dealkylation sites (tertiary alicyclic amines) is 1.